The van der Waals surface area contributed by atoms with Gasteiger partial charge in [0, 0.05) is 0 Å². The van der Waals surface area contributed by atoms with Crippen LogP contribution in [0.3, 0.4) is 0 Å². The van der Waals surface area contributed by atoms with Crippen molar-refractivity contribution in [2.45, 2.75) is 12.8 Å². The average Bonchev–Trinajstić information content (AvgIpc) is 2.16. The molecule has 13 heavy (non-hydrogen) atoms. The van der Waals surface area contributed by atoms with Crippen molar-refractivity contribution in [3.8, 4) is 6.07 Å². The number of hydrogen-bond donors (Lipinski definition) is 2. The summed E-state index contributed by atoms with van der Waals surface area (Å²) >= 11 is 0. The third-order valence-corrected chi connectivity index (χ3v) is 1.93. The highest BCUT2D eigenvalue weighted by Crippen LogP contribution is 2.11. The molecule has 3 nitrogen and oxygen atoms in total. The Balaban J connectivity index is 3.13. The highest BCUT2D eigenvalue weighted by atomic mass is 16.4. The first-order chi connectivity index (χ1) is 6.16. The molecule has 1 aromatic carbocycles. The van der Waals surface area contributed by atoms with E-state index < -0.39 is 7.12 Å². The molecule has 0 aromatic heterocycles. The lowest BCUT2D eigenvalue weighted by Gasteiger charge is -2.09. The summed E-state index contributed by atoms with van der Waals surface area (Å²) in [5.74, 6) is -0.321. The minimum Gasteiger partial charge on any atom is -0.423 e. The molecule has 66 valence electrons. The van der Waals surface area contributed by atoms with Gasteiger partial charge in [-0.15, -0.1) is 0 Å². The third-order valence-electron chi connectivity index (χ3n) is 1.93. The lowest BCUT2D eigenvalue weighted by molar-refractivity contribution is 0.425. The molecule has 0 saturated heterocycles. The summed E-state index contributed by atoms with van der Waals surface area (Å²) in [5, 5.41) is 26.7. The maximum atomic E-state index is 9.00. The van der Waals surface area contributed by atoms with Crippen molar-refractivity contribution in [2.24, 2.45) is 0 Å². The molecule has 1 unspecified atom stereocenters. The van der Waals surface area contributed by atoms with Gasteiger partial charge in [0.2, 0.25) is 0 Å². The quantitative estimate of drug-likeness (QED) is 0.621. The van der Waals surface area contributed by atoms with Crippen LogP contribution in [-0.4, -0.2) is 17.2 Å². The summed E-state index contributed by atoms with van der Waals surface area (Å²) in [5.41, 5.74) is 1.07. The largest absolute Gasteiger partial charge is 0.488 e. The number of hydrogen-bond acceptors (Lipinski definition) is 3. The summed E-state index contributed by atoms with van der Waals surface area (Å²) in [6.07, 6.45) is 0. The summed E-state index contributed by atoms with van der Waals surface area (Å²) in [4.78, 5) is 0. The fourth-order valence-corrected chi connectivity index (χ4v) is 1.21. The minimum atomic E-state index is -1.51. The Morgan fingerprint density at radius 2 is 2.00 bits per heavy atom. The molecule has 0 fully saturated rings. The fourth-order valence-electron chi connectivity index (χ4n) is 1.21. The Kier molecular flexibility index (Phi) is 3.07. The van der Waals surface area contributed by atoms with Crippen molar-refractivity contribution in [3.63, 3.8) is 0 Å². The molecule has 0 saturated carbocycles. The van der Waals surface area contributed by atoms with Gasteiger partial charge in [-0.3, -0.25) is 0 Å². The highest BCUT2D eigenvalue weighted by molar-refractivity contribution is 6.59. The van der Waals surface area contributed by atoms with Gasteiger partial charge in [-0.2, -0.15) is 5.26 Å². The molecule has 0 spiro atoms. The second-order valence-electron chi connectivity index (χ2n) is 2.85. The average molecular weight is 175 g/mol. The first-order valence-corrected chi connectivity index (χ1v) is 4.01. The molecule has 0 aliphatic heterocycles. The summed E-state index contributed by atoms with van der Waals surface area (Å²) in [7, 11) is -1.51. The molecular weight excluding hydrogens is 165 g/mol. The lowest BCUT2D eigenvalue weighted by atomic mass is 9.74. The van der Waals surface area contributed by atoms with Gasteiger partial charge in [0.25, 0.3) is 0 Å². The molecular formula is C9H10BNO2. The molecule has 0 bridgehead atoms. The monoisotopic (exact) mass is 175 g/mol. The molecule has 1 rings (SSSR count). The maximum Gasteiger partial charge on any atom is 0.488 e. The van der Waals surface area contributed by atoms with Gasteiger partial charge >= 0.3 is 7.12 Å². The zero-order chi connectivity index (χ0) is 9.84. The van der Waals surface area contributed by atoms with Gasteiger partial charge in [-0.25, -0.2) is 0 Å². The van der Waals surface area contributed by atoms with Crippen molar-refractivity contribution in [2.75, 3.05) is 0 Å². The van der Waals surface area contributed by atoms with Crippen LogP contribution >= 0.6 is 0 Å². The lowest BCUT2D eigenvalue weighted by Crippen LogP contribution is -2.33. The molecule has 1 atom stereocenters. The molecule has 0 aliphatic carbocycles. The Morgan fingerprint density at radius 1 is 1.38 bits per heavy atom. The van der Waals surface area contributed by atoms with Crippen molar-refractivity contribution in [3.05, 3.63) is 29.8 Å². The van der Waals surface area contributed by atoms with Crippen LogP contribution in [0.5, 0.6) is 0 Å². The topological polar surface area (TPSA) is 64.2 Å². The number of benzene rings is 1. The van der Waals surface area contributed by atoms with E-state index >= 15 is 0 Å². The van der Waals surface area contributed by atoms with E-state index in [1.807, 2.05) is 0 Å². The second-order valence-corrected chi connectivity index (χ2v) is 2.85. The fraction of sp³-hybridized carbons (Fsp3) is 0.222. The van der Waals surface area contributed by atoms with Crippen LogP contribution in [0.15, 0.2) is 24.3 Å². The Labute approximate surface area is 77.4 Å². The number of rotatable bonds is 2. The first-order valence-electron chi connectivity index (χ1n) is 4.01. The van der Waals surface area contributed by atoms with Crippen LogP contribution < -0.4 is 5.46 Å². The molecule has 0 heterocycles. The van der Waals surface area contributed by atoms with Crippen LogP contribution in [0.1, 0.15) is 18.4 Å². The van der Waals surface area contributed by atoms with E-state index in [1.54, 1.807) is 31.2 Å². The van der Waals surface area contributed by atoms with Crippen LogP contribution in [-0.2, 0) is 0 Å². The van der Waals surface area contributed by atoms with E-state index in [1.165, 1.54) is 0 Å². The van der Waals surface area contributed by atoms with Crippen molar-refractivity contribution >= 4 is 12.6 Å². The van der Waals surface area contributed by atoms with Crippen molar-refractivity contribution in [1.82, 2.24) is 0 Å². The van der Waals surface area contributed by atoms with Gasteiger partial charge in [0.1, 0.15) is 0 Å². The Hall–Kier alpha value is -1.31. The molecule has 1 aromatic rings. The zero-order valence-corrected chi connectivity index (χ0v) is 7.31. The summed E-state index contributed by atoms with van der Waals surface area (Å²) in [6, 6.07) is 8.87. The van der Waals surface area contributed by atoms with Crippen LogP contribution in [0.4, 0.5) is 0 Å². The van der Waals surface area contributed by atoms with Gasteiger partial charge in [0.15, 0.2) is 0 Å². The number of nitriles is 1. The minimum absolute atomic E-state index is 0.321. The number of nitrogens with zero attached hydrogens (tertiary/aromatic N) is 1. The van der Waals surface area contributed by atoms with E-state index in [0.29, 0.717) is 11.0 Å². The van der Waals surface area contributed by atoms with E-state index in [2.05, 4.69) is 6.07 Å². The van der Waals surface area contributed by atoms with Gasteiger partial charge in [-0.05, 0) is 17.9 Å². The second kappa shape index (κ2) is 4.08. The van der Waals surface area contributed by atoms with Crippen molar-refractivity contribution < 1.29 is 10.0 Å². The highest BCUT2D eigenvalue weighted by Gasteiger charge is 2.18. The molecule has 0 amide bonds. The predicted octanol–water partition coefficient (Wildman–Crippen LogP) is -0.00652. The molecule has 0 radical (unpaired) electrons. The molecule has 2 N–H and O–H groups in total. The molecule has 4 heteroatoms. The van der Waals surface area contributed by atoms with Crippen LogP contribution in [0.25, 0.3) is 0 Å². The van der Waals surface area contributed by atoms with Crippen LogP contribution in [0, 0.1) is 11.3 Å². The van der Waals surface area contributed by atoms with E-state index in [0.717, 1.165) is 0 Å². The Bertz CT molecular complexity index is 333. The Morgan fingerprint density at radius 3 is 2.54 bits per heavy atom. The standard InChI is InChI=1S/C9H10BNO2/c1-7(6-11)8-4-2-3-5-9(8)10(12)13/h2-5,7,12-13H,1H3. The zero-order valence-electron chi connectivity index (χ0n) is 7.31. The first kappa shape index (κ1) is 9.78. The summed E-state index contributed by atoms with van der Waals surface area (Å²) < 4.78 is 0. The van der Waals surface area contributed by atoms with Crippen molar-refractivity contribution in [1.29, 1.82) is 5.26 Å². The van der Waals surface area contributed by atoms with Gasteiger partial charge in [-0.1, -0.05) is 24.3 Å². The summed E-state index contributed by atoms with van der Waals surface area (Å²) in [6.45, 7) is 1.72. The van der Waals surface area contributed by atoms with E-state index in [9.17, 15) is 0 Å². The maximum absolute atomic E-state index is 9.00. The molecule has 0 aliphatic rings. The van der Waals surface area contributed by atoms with Gasteiger partial charge < -0.3 is 10.0 Å². The van der Waals surface area contributed by atoms with E-state index in [-0.39, 0.29) is 5.92 Å². The third kappa shape index (κ3) is 2.08. The van der Waals surface area contributed by atoms with Crippen LogP contribution in [0.2, 0.25) is 0 Å². The smallest absolute Gasteiger partial charge is 0.423 e. The SMILES string of the molecule is CC(C#N)c1ccccc1B(O)O. The van der Waals surface area contributed by atoms with Gasteiger partial charge in [0.05, 0.1) is 12.0 Å². The normalized spacial score (nSPS) is 11.8. The van der Waals surface area contributed by atoms with E-state index in [4.69, 9.17) is 15.3 Å². The predicted molar refractivity (Wildman–Crippen MR) is 50.3 cm³/mol.